The lowest BCUT2D eigenvalue weighted by Gasteiger charge is -2.32. The zero-order valence-corrected chi connectivity index (χ0v) is 16.7. The van der Waals surface area contributed by atoms with E-state index in [1.54, 1.807) is 18.7 Å². The minimum absolute atomic E-state index is 0.434. The molecule has 1 aliphatic heterocycles. The van der Waals surface area contributed by atoms with E-state index in [2.05, 4.69) is 22.1 Å². The normalized spacial score (nSPS) is 15.8. The molecule has 0 unspecified atom stereocenters. The number of hydrogen-bond donors (Lipinski definition) is 1. The molecule has 2 aromatic heterocycles. The average molecular weight is 381 g/mol. The molecule has 0 amide bonds. The lowest BCUT2D eigenvalue weighted by Crippen LogP contribution is -2.32. The van der Waals surface area contributed by atoms with Crippen LogP contribution in [0.5, 0.6) is 11.5 Å². The van der Waals surface area contributed by atoms with Crippen LogP contribution in [0.2, 0.25) is 0 Å². The Morgan fingerprint density at radius 2 is 1.82 bits per heavy atom. The summed E-state index contributed by atoms with van der Waals surface area (Å²) in [6.07, 6.45) is 2.14. The Bertz CT molecular complexity index is 976. The Labute approximate surface area is 165 Å². The fourth-order valence-electron chi connectivity index (χ4n) is 3.97. The molecule has 4 rings (SSSR count). The van der Waals surface area contributed by atoms with Gasteiger partial charge in [-0.25, -0.2) is 4.98 Å². The quantitative estimate of drug-likeness (QED) is 0.732. The van der Waals surface area contributed by atoms with Crippen molar-refractivity contribution >= 4 is 11.5 Å². The summed E-state index contributed by atoms with van der Waals surface area (Å²) in [5.74, 6) is 2.63. The lowest BCUT2D eigenvalue weighted by atomic mass is 9.93. The van der Waals surface area contributed by atoms with Crippen LogP contribution in [0.3, 0.4) is 0 Å². The molecule has 0 spiro atoms. The summed E-state index contributed by atoms with van der Waals surface area (Å²) in [6, 6.07) is 10.1. The summed E-state index contributed by atoms with van der Waals surface area (Å²) in [4.78, 5) is 7.28. The van der Waals surface area contributed by atoms with Crippen molar-refractivity contribution in [2.24, 2.45) is 0 Å². The molecule has 0 bridgehead atoms. The van der Waals surface area contributed by atoms with Crippen molar-refractivity contribution in [2.75, 3.05) is 33.0 Å². The number of methoxy groups -OCH3 is 2. The van der Waals surface area contributed by atoms with Gasteiger partial charge in [-0.1, -0.05) is 6.07 Å². The van der Waals surface area contributed by atoms with Crippen LogP contribution in [0.1, 0.15) is 35.7 Å². The maximum atomic E-state index is 6.19. The van der Waals surface area contributed by atoms with E-state index in [1.807, 2.05) is 25.1 Å². The Morgan fingerprint density at radius 3 is 2.54 bits per heavy atom. The maximum absolute atomic E-state index is 6.19. The smallest absolute Gasteiger partial charge is 0.161 e. The molecule has 0 saturated carbocycles. The van der Waals surface area contributed by atoms with Gasteiger partial charge in [0.05, 0.1) is 19.9 Å². The van der Waals surface area contributed by atoms with Crippen LogP contribution in [0.25, 0.3) is 5.65 Å². The number of fused-ring (bicyclic) bond motifs is 1. The van der Waals surface area contributed by atoms with Crippen molar-refractivity contribution in [1.82, 2.24) is 19.5 Å². The molecular weight excluding hydrogens is 354 g/mol. The molecule has 1 saturated heterocycles. The molecule has 1 aliphatic rings. The molecule has 3 heterocycles. The molecule has 1 aromatic carbocycles. The first-order valence-corrected chi connectivity index (χ1v) is 9.63. The molecule has 0 aliphatic carbocycles. The number of benzene rings is 1. The molecule has 2 N–H and O–H groups in total. The van der Waals surface area contributed by atoms with Crippen molar-refractivity contribution in [3.63, 3.8) is 0 Å². The largest absolute Gasteiger partial charge is 0.493 e. The van der Waals surface area contributed by atoms with Crippen molar-refractivity contribution < 1.29 is 9.47 Å². The standard InChI is InChI=1S/C21H27N5O2/c1-14-10-21-23-17(12-20(22)26(21)24-14)16-6-8-25(9-7-16)13-15-4-5-18(27-2)19(11-15)28-3/h4-5,10-12,16H,6-9,13,22H2,1-3H3. The van der Waals surface area contributed by atoms with Crippen LogP contribution in [-0.4, -0.2) is 46.8 Å². The highest BCUT2D eigenvalue weighted by Gasteiger charge is 2.23. The molecule has 7 nitrogen and oxygen atoms in total. The van der Waals surface area contributed by atoms with Gasteiger partial charge in [0, 0.05) is 30.3 Å². The maximum Gasteiger partial charge on any atom is 0.161 e. The number of nitrogens with zero attached hydrogens (tertiary/aromatic N) is 4. The number of anilines is 1. The zero-order valence-electron chi connectivity index (χ0n) is 16.7. The van der Waals surface area contributed by atoms with Gasteiger partial charge in [-0.05, 0) is 50.6 Å². The van der Waals surface area contributed by atoms with E-state index in [1.165, 1.54) is 5.56 Å². The van der Waals surface area contributed by atoms with Crippen LogP contribution in [0.4, 0.5) is 5.82 Å². The molecule has 0 radical (unpaired) electrons. The van der Waals surface area contributed by atoms with Gasteiger partial charge < -0.3 is 15.2 Å². The Morgan fingerprint density at radius 1 is 1.07 bits per heavy atom. The van der Waals surface area contributed by atoms with Crippen molar-refractivity contribution in [3.8, 4) is 11.5 Å². The van der Waals surface area contributed by atoms with Gasteiger partial charge in [0.25, 0.3) is 0 Å². The van der Waals surface area contributed by atoms with Gasteiger partial charge in [-0.15, -0.1) is 0 Å². The zero-order chi connectivity index (χ0) is 19.7. The third kappa shape index (κ3) is 3.62. The van der Waals surface area contributed by atoms with E-state index in [4.69, 9.17) is 20.2 Å². The van der Waals surface area contributed by atoms with Crippen LogP contribution in [-0.2, 0) is 6.54 Å². The topological polar surface area (TPSA) is 77.9 Å². The number of piperidine rings is 1. The van der Waals surface area contributed by atoms with E-state index >= 15 is 0 Å². The van der Waals surface area contributed by atoms with Gasteiger partial charge >= 0.3 is 0 Å². The third-order valence-electron chi connectivity index (χ3n) is 5.46. The number of likely N-dealkylation sites (tertiary alicyclic amines) is 1. The number of hydrogen-bond acceptors (Lipinski definition) is 6. The fraction of sp³-hybridized carbons (Fsp3) is 0.429. The predicted octanol–water partition coefficient (Wildman–Crippen LogP) is 3.02. The molecule has 148 valence electrons. The first-order chi connectivity index (χ1) is 13.6. The molecule has 7 heteroatoms. The third-order valence-corrected chi connectivity index (χ3v) is 5.46. The molecule has 0 atom stereocenters. The van der Waals surface area contributed by atoms with Gasteiger partial charge in [0.1, 0.15) is 5.82 Å². The minimum atomic E-state index is 0.434. The highest BCUT2D eigenvalue weighted by molar-refractivity contribution is 5.48. The summed E-state index contributed by atoms with van der Waals surface area (Å²) < 4.78 is 12.5. The lowest BCUT2D eigenvalue weighted by molar-refractivity contribution is 0.203. The number of aromatic nitrogens is 3. The average Bonchev–Trinajstić information content (AvgIpc) is 3.09. The van der Waals surface area contributed by atoms with Gasteiger partial charge in [-0.3, -0.25) is 4.90 Å². The predicted molar refractivity (Wildman–Crippen MR) is 109 cm³/mol. The van der Waals surface area contributed by atoms with E-state index in [0.29, 0.717) is 11.7 Å². The first-order valence-electron chi connectivity index (χ1n) is 9.63. The van der Waals surface area contributed by atoms with Crippen LogP contribution in [0, 0.1) is 6.92 Å². The summed E-state index contributed by atoms with van der Waals surface area (Å²) in [5.41, 5.74) is 10.3. The van der Waals surface area contributed by atoms with Gasteiger partial charge in [0.2, 0.25) is 0 Å². The summed E-state index contributed by atoms with van der Waals surface area (Å²) in [7, 11) is 3.33. The number of aryl methyl sites for hydroxylation is 1. The molecular formula is C21H27N5O2. The minimum Gasteiger partial charge on any atom is -0.493 e. The van der Waals surface area contributed by atoms with E-state index in [9.17, 15) is 0 Å². The molecule has 1 fully saturated rings. The monoisotopic (exact) mass is 381 g/mol. The van der Waals surface area contributed by atoms with E-state index < -0.39 is 0 Å². The summed E-state index contributed by atoms with van der Waals surface area (Å²) in [5, 5.41) is 4.39. The number of nitrogen functional groups attached to an aromatic ring is 1. The van der Waals surface area contributed by atoms with Crippen molar-refractivity contribution in [3.05, 3.63) is 47.3 Å². The van der Waals surface area contributed by atoms with Crippen molar-refractivity contribution in [1.29, 1.82) is 0 Å². The van der Waals surface area contributed by atoms with Crippen molar-refractivity contribution in [2.45, 2.75) is 32.2 Å². The van der Waals surface area contributed by atoms with Crippen LogP contribution in [0.15, 0.2) is 30.3 Å². The van der Waals surface area contributed by atoms with E-state index in [-0.39, 0.29) is 0 Å². The summed E-state index contributed by atoms with van der Waals surface area (Å²) in [6.45, 7) is 4.93. The highest BCUT2D eigenvalue weighted by Crippen LogP contribution is 2.31. The highest BCUT2D eigenvalue weighted by atomic mass is 16.5. The Kier molecular flexibility index (Phi) is 5.09. The second-order valence-corrected chi connectivity index (χ2v) is 7.40. The first kappa shape index (κ1) is 18.6. The number of rotatable bonds is 5. The molecule has 28 heavy (non-hydrogen) atoms. The van der Waals surface area contributed by atoms with Crippen LogP contribution >= 0.6 is 0 Å². The number of ether oxygens (including phenoxy) is 2. The van der Waals surface area contributed by atoms with Crippen LogP contribution < -0.4 is 15.2 Å². The van der Waals surface area contributed by atoms with Gasteiger partial charge in [0.15, 0.2) is 17.1 Å². The number of nitrogens with two attached hydrogens (primary N) is 1. The molecule has 3 aromatic rings. The second kappa shape index (κ2) is 7.67. The Hall–Kier alpha value is -2.80. The Balaban J connectivity index is 1.42. The second-order valence-electron chi connectivity index (χ2n) is 7.40. The summed E-state index contributed by atoms with van der Waals surface area (Å²) >= 11 is 0. The fourth-order valence-corrected chi connectivity index (χ4v) is 3.97. The SMILES string of the molecule is COc1ccc(CN2CCC(c3cc(N)n4nc(C)cc4n3)CC2)cc1OC. The van der Waals surface area contributed by atoms with E-state index in [0.717, 1.165) is 61.0 Å². The van der Waals surface area contributed by atoms with Gasteiger partial charge in [-0.2, -0.15) is 9.61 Å².